The van der Waals surface area contributed by atoms with Crippen LogP contribution in [-0.2, 0) is 0 Å². The van der Waals surface area contributed by atoms with Crippen LogP contribution in [0.15, 0.2) is 16.8 Å². The Kier molecular flexibility index (Phi) is 5.27. The van der Waals surface area contributed by atoms with Gasteiger partial charge >= 0.3 is 6.18 Å². The van der Waals surface area contributed by atoms with Crippen LogP contribution in [-0.4, -0.2) is 54.6 Å². The number of halogens is 3. The molecule has 0 saturated carbocycles. The van der Waals surface area contributed by atoms with Gasteiger partial charge in [0.2, 0.25) is 0 Å². The van der Waals surface area contributed by atoms with Gasteiger partial charge in [-0.05, 0) is 30.3 Å². The first kappa shape index (κ1) is 16.3. The second-order valence-electron chi connectivity index (χ2n) is 5.36. The second-order valence-corrected chi connectivity index (χ2v) is 6.14. The molecule has 0 bridgehead atoms. The molecule has 3 nitrogen and oxygen atoms in total. The molecule has 1 aliphatic heterocycles. The van der Waals surface area contributed by atoms with Crippen LogP contribution in [0.5, 0.6) is 0 Å². The first-order valence-corrected chi connectivity index (χ1v) is 7.94. The van der Waals surface area contributed by atoms with Crippen LogP contribution in [0.25, 0.3) is 0 Å². The van der Waals surface area contributed by atoms with E-state index in [4.69, 9.17) is 0 Å². The molecule has 1 aromatic rings. The average Bonchev–Trinajstić information content (AvgIpc) is 3.06. The number of carbonyl (C=O) groups is 1. The summed E-state index contributed by atoms with van der Waals surface area (Å²) in [7, 11) is 0. The Labute approximate surface area is 126 Å². The minimum absolute atomic E-state index is 0.0161. The zero-order chi connectivity index (χ0) is 15.5. The summed E-state index contributed by atoms with van der Waals surface area (Å²) in [5.74, 6) is 0.104. The molecule has 2 heterocycles. The molecule has 1 fully saturated rings. The highest BCUT2D eigenvalue weighted by Gasteiger charge is 2.33. The van der Waals surface area contributed by atoms with E-state index in [0.717, 1.165) is 6.42 Å². The van der Waals surface area contributed by atoms with Crippen molar-refractivity contribution < 1.29 is 18.0 Å². The summed E-state index contributed by atoms with van der Waals surface area (Å²) in [5, 5.41) is 3.65. The van der Waals surface area contributed by atoms with Crippen LogP contribution < -0.4 is 0 Å². The van der Waals surface area contributed by atoms with Gasteiger partial charge in [-0.15, -0.1) is 0 Å². The largest absolute Gasteiger partial charge is 0.401 e. The Bertz CT molecular complexity index is 461. The third kappa shape index (κ3) is 4.71. The maximum atomic E-state index is 12.5. The third-order valence-corrected chi connectivity index (χ3v) is 4.39. The molecule has 2 rings (SSSR count). The van der Waals surface area contributed by atoms with E-state index in [1.165, 1.54) is 16.2 Å². The van der Waals surface area contributed by atoms with Gasteiger partial charge in [0.25, 0.3) is 5.91 Å². The minimum atomic E-state index is -4.17. The quantitative estimate of drug-likeness (QED) is 0.832. The fraction of sp³-hybridized carbons (Fsp3) is 0.643. The van der Waals surface area contributed by atoms with Gasteiger partial charge in [-0.3, -0.25) is 9.69 Å². The highest BCUT2D eigenvalue weighted by Crippen LogP contribution is 2.23. The molecule has 1 aromatic heterocycles. The van der Waals surface area contributed by atoms with Crippen LogP contribution in [0, 0.1) is 5.92 Å². The zero-order valence-corrected chi connectivity index (χ0v) is 12.7. The summed E-state index contributed by atoms with van der Waals surface area (Å²) in [6, 6.07) is 1.78. The van der Waals surface area contributed by atoms with Crippen LogP contribution in [0.4, 0.5) is 13.2 Å². The topological polar surface area (TPSA) is 23.6 Å². The highest BCUT2D eigenvalue weighted by atomic mass is 32.1. The van der Waals surface area contributed by atoms with Crippen molar-refractivity contribution in [2.75, 3.05) is 32.7 Å². The molecule has 0 spiro atoms. The molecular weight excluding hydrogens is 301 g/mol. The Balaban J connectivity index is 1.86. The molecule has 0 aromatic carbocycles. The van der Waals surface area contributed by atoms with Gasteiger partial charge in [-0.2, -0.15) is 24.5 Å². The van der Waals surface area contributed by atoms with Gasteiger partial charge in [0.1, 0.15) is 0 Å². The number of amides is 1. The van der Waals surface area contributed by atoms with Crippen LogP contribution in [0.3, 0.4) is 0 Å². The standard InChI is InChI=1S/C14H19F3N2OS/c1-2-18(10-14(15,16)17)7-11-3-5-19(8-11)13(20)12-4-6-21-9-12/h4,6,9,11H,2-3,5,7-8,10H2,1H3. The van der Waals surface area contributed by atoms with Crippen molar-refractivity contribution in [3.8, 4) is 0 Å². The van der Waals surface area contributed by atoms with Gasteiger partial charge < -0.3 is 4.90 Å². The molecule has 0 aliphatic carbocycles. The Hall–Kier alpha value is -1.08. The Morgan fingerprint density at radius 2 is 2.29 bits per heavy atom. The number of rotatable bonds is 5. The van der Waals surface area contributed by atoms with E-state index >= 15 is 0 Å². The van der Waals surface area contributed by atoms with Crippen molar-refractivity contribution in [2.24, 2.45) is 5.92 Å². The van der Waals surface area contributed by atoms with Crippen LogP contribution in [0.2, 0.25) is 0 Å². The van der Waals surface area contributed by atoms with Crippen molar-refractivity contribution in [3.05, 3.63) is 22.4 Å². The van der Waals surface area contributed by atoms with Gasteiger partial charge in [0.15, 0.2) is 0 Å². The number of hydrogen-bond acceptors (Lipinski definition) is 3. The highest BCUT2D eigenvalue weighted by molar-refractivity contribution is 7.08. The number of alkyl halides is 3. The number of hydrogen-bond donors (Lipinski definition) is 0. The van der Waals surface area contributed by atoms with E-state index in [9.17, 15) is 18.0 Å². The van der Waals surface area contributed by atoms with Crippen molar-refractivity contribution in [3.63, 3.8) is 0 Å². The van der Waals surface area contributed by atoms with Crippen LogP contribution >= 0.6 is 11.3 Å². The lowest BCUT2D eigenvalue weighted by Gasteiger charge is -2.25. The molecular formula is C14H19F3N2OS. The van der Waals surface area contributed by atoms with Crippen molar-refractivity contribution in [1.82, 2.24) is 9.80 Å². The molecule has 118 valence electrons. The average molecular weight is 320 g/mol. The molecule has 0 radical (unpaired) electrons. The summed E-state index contributed by atoms with van der Waals surface area (Å²) in [5.41, 5.74) is 0.670. The normalized spacial score (nSPS) is 19.5. The van der Waals surface area contributed by atoms with Gasteiger partial charge in [-0.1, -0.05) is 6.92 Å². The molecule has 0 N–H and O–H groups in total. The molecule has 1 saturated heterocycles. The van der Waals surface area contributed by atoms with E-state index in [0.29, 0.717) is 31.7 Å². The van der Waals surface area contributed by atoms with E-state index in [1.807, 2.05) is 5.38 Å². The van der Waals surface area contributed by atoms with E-state index in [-0.39, 0.29) is 11.8 Å². The summed E-state index contributed by atoms with van der Waals surface area (Å²) in [4.78, 5) is 15.3. The fourth-order valence-corrected chi connectivity index (χ4v) is 3.29. The third-order valence-electron chi connectivity index (χ3n) is 3.71. The molecule has 1 aliphatic rings. The van der Waals surface area contributed by atoms with Crippen molar-refractivity contribution in [2.45, 2.75) is 19.5 Å². The van der Waals surface area contributed by atoms with Crippen LogP contribution in [0.1, 0.15) is 23.7 Å². The summed E-state index contributed by atoms with van der Waals surface area (Å²) >= 11 is 1.47. The SMILES string of the molecule is CCN(CC1CCN(C(=O)c2ccsc2)C1)CC(F)(F)F. The van der Waals surface area contributed by atoms with E-state index < -0.39 is 12.7 Å². The summed E-state index contributed by atoms with van der Waals surface area (Å²) < 4.78 is 37.4. The first-order valence-electron chi connectivity index (χ1n) is 6.99. The predicted octanol–water partition coefficient (Wildman–Crippen LogP) is 3.09. The molecule has 21 heavy (non-hydrogen) atoms. The molecule has 1 amide bonds. The Morgan fingerprint density at radius 1 is 1.52 bits per heavy atom. The number of carbonyl (C=O) groups excluding carboxylic acids is 1. The van der Waals surface area contributed by atoms with E-state index in [1.54, 1.807) is 23.3 Å². The van der Waals surface area contributed by atoms with Gasteiger partial charge in [-0.25, -0.2) is 0 Å². The molecule has 1 unspecified atom stereocenters. The molecule has 7 heteroatoms. The van der Waals surface area contributed by atoms with Gasteiger partial charge in [0.05, 0.1) is 12.1 Å². The maximum absolute atomic E-state index is 12.5. The zero-order valence-electron chi connectivity index (χ0n) is 11.9. The smallest absolute Gasteiger partial charge is 0.338 e. The summed E-state index contributed by atoms with van der Waals surface area (Å²) in [6.07, 6.45) is -3.40. The van der Waals surface area contributed by atoms with Gasteiger partial charge in [0, 0.05) is 25.0 Å². The number of thiophene rings is 1. The van der Waals surface area contributed by atoms with Crippen molar-refractivity contribution in [1.29, 1.82) is 0 Å². The number of likely N-dealkylation sites (tertiary alicyclic amines) is 1. The summed E-state index contributed by atoms with van der Waals surface area (Å²) in [6.45, 7) is 2.79. The lowest BCUT2D eigenvalue weighted by Crippen LogP contribution is -2.38. The first-order chi connectivity index (χ1) is 9.89. The Morgan fingerprint density at radius 3 is 2.86 bits per heavy atom. The monoisotopic (exact) mass is 320 g/mol. The number of nitrogens with zero attached hydrogens (tertiary/aromatic N) is 2. The van der Waals surface area contributed by atoms with Crippen molar-refractivity contribution >= 4 is 17.2 Å². The molecule has 1 atom stereocenters. The minimum Gasteiger partial charge on any atom is -0.338 e. The predicted molar refractivity (Wildman–Crippen MR) is 76.5 cm³/mol. The fourth-order valence-electron chi connectivity index (χ4n) is 2.66. The van der Waals surface area contributed by atoms with E-state index in [2.05, 4.69) is 0 Å². The second kappa shape index (κ2) is 6.79. The lowest BCUT2D eigenvalue weighted by atomic mass is 10.1. The maximum Gasteiger partial charge on any atom is 0.401 e. The lowest BCUT2D eigenvalue weighted by molar-refractivity contribution is -0.146.